The van der Waals surface area contributed by atoms with E-state index in [2.05, 4.69) is 4.98 Å². The van der Waals surface area contributed by atoms with Gasteiger partial charge in [0.15, 0.2) is 0 Å². The highest BCUT2D eigenvalue weighted by atomic mass is 35.5. The minimum Gasteiger partial charge on any atom is -0.478 e. The van der Waals surface area contributed by atoms with Crippen LogP contribution in [0.3, 0.4) is 0 Å². The predicted octanol–water partition coefficient (Wildman–Crippen LogP) is 4.70. The fourth-order valence-corrected chi connectivity index (χ4v) is 2.63. The first kappa shape index (κ1) is 14.5. The summed E-state index contributed by atoms with van der Waals surface area (Å²) in [7, 11) is 0. The minimum atomic E-state index is -1.04. The molecule has 0 fully saturated rings. The van der Waals surface area contributed by atoms with Gasteiger partial charge >= 0.3 is 5.97 Å². The summed E-state index contributed by atoms with van der Waals surface area (Å²) in [5, 5.41) is 10.1. The van der Waals surface area contributed by atoms with Crippen molar-refractivity contribution in [1.82, 2.24) is 4.98 Å². The third kappa shape index (κ3) is 2.42. The van der Waals surface area contributed by atoms with E-state index in [0.29, 0.717) is 27.1 Å². The number of carboxylic acids is 1. The molecule has 0 bridgehead atoms. The van der Waals surface area contributed by atoms with E-state index in [1.807, 2.05) is 6.92 Å². The third-order valence-electron chi connectivity index (χ3n) is 3.50. The second-order valence-corrected chi connectivity index (χ2v) is 5.41. The third-order valence-corrected chi connectivity index (χ3v) is 3.74. The highest BCUT2D eigenvalue weighted by Crippen LogP contribution is 2.34. The number of carbonyl (C=O) groups is 1. The first-order valence-electron chi connectivity index (χ1n) is 6.55. The summed E-state index contributed by atoms with van der Waals surface area (Å²) < 4.78 is 14.3. The quantitative estimate of drug-likeness (QED) is 0.745. The van der Waals surface area contributed by atoms with Gasteiger partial charge < -0.3 is 5.11 Å². The lowest BCUT2D eigenvalue weighted by molar-refractivity contribution is 0.0697. The summed E-state index contributed by atoms with van der Waals surface area (Å²) in [6.45, 7) is 1.81. The fourth-order valence-electron chi connectivity index (χ4n) is 2.47. The Hall–Kier alpha value is -2.46. The molecule has 0 amide bonds. The van der Waals surface area contributed by atoms with Crippen molar-refractivity contribution >= 4 is 28.5 Å². The van der Waals surface area contributed by atoms with Crippen molar-refractivity contribution in [3.63, 3.8) is 0 Å². The molecule has 0 aliphatic carbocycles. The normalized spacial score (nSPS) is 10.9. The van der Waals surface area contributed by atoms with Crippen molar-refractivity contribution in [2.75, 3.05) is 0 Å². The van der Waals surface area contributed by atoms with E-state index in [1.54, 1.807) is 24.4 Å². The van der Waals surface area contributed by atoms with E-state index in [1.165, 1.54) is 18.2 Å². The molecule has 0 radical (unpaired) electrons. The van der Waals surface area contributed by atoms with Crippen LogP contribution in [-0.4, -0.2) is 16.1 Å². The fraction of sp³-hybridized carbons (Fsp3) is 0.0588. The number of aryl methyl sites for hydroxylation is 1. The van der Waals surface area contributed by atoms with Crippen LogP contribution in [0, 0.1) is 12.7 Å². The highest BCUT2D eigenvalue weighted by molar-refractivity contribution is 6.30. The Morgan fingerprint density at radius 3 is 2.68 bits per heavy atom. The number of pyridine rings is 1. The number of aromatic carboxylic acids is 1. The number of hydrogen-bond acceptors (Lipinski definition) is 2. The number of carboxylic acid groups (broad SMARTS) is 1. The zero-order valence-corrected chi connectivity index (χ0v) is 12.4. The van der Waals surface area contributed by atoms with Crippen LogP contribution in [0.2, 0.25) is 5.02 Å². The summed E-state index contributed by atoms with van der Waals surface area (Å²) in [4.78, 5) is 15.5. The van der Waals surface area contributed by atoms with E-state index in [0.717, 1.165) is 5.56 Å². The van der Waals surface area contributed by atoms with Crippen LogP contribution < -0.4 is 0 Å². The molecule has 3 nitrogen and oxygen atoms in total. The molecule has 0 atom stereocenters. The van der Waals surface area contributed by atoms with Crippen LogP contribution in [0.1, 0.15) is 15.9 Å². The first-order chi connectivity index (χ1) is 10.5. The van der Waals surface area contributed by atoms with E-state index >= 15 is 0 Å². The SMILES string of the molecule is Cc1cnc2ccc(C(=O)O)cc2c1-c1ccc(Cl)cc1F. The standard InChI is InChI=1S/C17H11ClFNO2/c1-9-8-20-15-5-2-10(17(21)22)6-13(15)16(9)12-4-3-11(18)7-14(12)19/h2-8H,1H3,(H,21,22). The monoisotopic (exact) mass is 315 g/mol. The molecular formula is C17H11ClFNO2. The van der Waals surface area contributed by atoms with Gasteiger partial charge in [-0.25, -0.2) is 9.18 Å². The second kappa shape index (κ2) is 5.39. The molecule has 0 saturated heterocycles. The Morgan fingerprint density at radius 2 is 2.00 bits per heavy atom. The van der Waals surface area contributed by atoms with E-state index < -0.39 is 11.8 Å². The topological polar surface area (TPSA) is 50.2 Å². The van der Waals surface area contributed by atoms with Crippen LogP contribution in [0.4, 0.5) is 4.39 Å². The Balaban J connectivity index is 2.38. The summed E-state index contributed by atoms with van der Waals surface area (Å²) in [6.07, 6.45) is 1.64. The maximum atomic E-state index is 14.3. The zero-order chi connectivity index (χ0) is 15.9. The molecule has 1 heterocycles. The Labute approximate surface area is 131 Å². The zero-order valence-electron chi connectivity index (χ0n) is 11.6. The molecule has 22 heavy (non-hydrogen) atoms. The molecule has 0 spiro atoms. The summed E-state index contributed by atoms with van der Waals surface area (Å²) in [5.41, 5.74) is 2.51. The Morgan fingerprint density at radius 1 is 1.23 bits per heavy atom. The molecule has 0 aliphatic rings. The Kier molecular flexibility index (Phi) is 3.54. The molecule has 0 saturated carbocycles. The van der Waals surface area contributed by atoms with Gasteiger partial charge in [-0.15, -0.1) is 0 Å². The van der Waals surface area contributed by atoms with E-state index in [4.69, 9.17) is 16.7 Å². The van der Waals surface area contributed by atoms with Crippen LogP contribution in [0.5, 0.6) is 0 Å². The van der Waals surface area contributed by atoms with Crippen molar-refractivity contribution in [3.05, 3.63) is 64.6 Å². The summed E-state index contributed by atoms with van der Waals surface area (Å²) in [6, 6.07) is 9.05. The van der Waals surface area contributed by atoms with Gasteiger partial charge in [-0.05, 0) is 54.4 Å². The number of rotatable bonds is 2. The number of hydrogen-bond donors (Lipinski definition) is 1. The number of halogens is 2. The second-order valence-electron chi connectivity index (χ2n) is 4.98. The van der Waals surface area contributed by atoms with Gasteiger partial charge in [0.25, 0.3) is 0 Å². The van der Waals surface area contributed by atoms with Crippen LogP contribution in [0.15, 0.2) is 42.6 Å². The lowest BCUT2D eigenvalue weighted by Gasteiger charge is -2.12. The molecule has 110 valence electrons. The predicted molar refractivity (Wildman–Crippen MR) is 83.8 cm³/mol. The van der Waals surface area contributed by atoms with Gasteiger partial charge in [-0.1, -0.05) is 11.6 Å². The summed E-state index contributed by atoms with van der Waals surface area (Å²) in [5.74, 6) is -1.49. The molecule has 0 aliphatic heterocycles. The Bertz CT molecular complexity index is 909. The largest absolute Gasteiger partial charge is 0.478 e. The van der Waals surface area contributed by atoms with Gasteiger partial charge in [-0.2, -0.15) is 0 Å². The van der Waals surface area contributed by atoms with Gasteiger partial charge in [0.2, 0.25) is 0 Å². The molecule has 5 heteroatoms. The number of nitrogens with zero attached hydrogens (tertiary/aromatic N) is 1. The average molecular weight is 316 g/mol. The minimum absolute atomic E-state index is 0.135. The maximum absolute atomic E-state index is 14.3. The number of benzene rings is 2. The van der Waals surface area contributed by atoms with Crippen molar-refractivity contribution in [2.45, 2.75) is 6.92 Å². The molecule has 1 aromatic heterocycles. The van der Waals surface area contributed by atoms with E-state index in [9.17, 15) is 9.18 Å². The van der Waals surface area contributed by atoms with Crippen LogP contribution in [-0.2, 0) is 0 Å². The molecule has 0 unspecified atom stereocenters. The van der Waals surface area contributed by atoms with Gasteiger partial charge in [0.1, 0.15) is 5.82 Å². The first-order valence-corrected chi connectivity index (χ1v) is 6.93. The molecule has 3 rings (SSSR count). The molecule has 3 aromatic rings. The number of fused-ring (bicyclic) bond motifs is 1. The molecule has 1 N–H and O–H groups in total. The van der Waals surface area contributed by atoms with Crippen LogP contribution >= 0.6 is 11.6 Å². The summed E-state index contributed by atoms with van der Waals surface area (Å²) >= 11 is 5.80. The van der Waals surface area contributed by atoms with E-state index in [-0.39, 0.29) is 5.56 Å². The van der Waals surface area contributed by atoms with Crippen molar-refractivity contribution in [3.8, 4) is 11.1 Å². The average Bonchev–Trinajstić information content (AvgIpc) is 2.47. The maximum Gasteiger partial charge on any atom is 0.335 e. The number of aromatic nitrogens is 1. The van der Waals surface area contributed by atoms with Gasteiger partial charge in [-0.3, -0.25) is 4.98 Å². The molecular weight excluding hydrogens is 305 g/mol. The van der Waals surface area contributed by atoms with Crippen molar-refractivity contribution < 1.29 is 14.3 Å². The van der Waals surface area contributed by atoms with Gasteiger partial charge in [0.05, 0.1) is 11.1 Å². The molecule has 2 aromatic carbocycles. The highest BCUT2D eigenvalue weighted by Gasteiger charge is 2.14. The van der Waals surface area contributed by atoms with Crippen molar-refractivity contribution in [1.29, 1.82) is 0 Å². The van der Waals surface area contributed by atoms with Gasteiger partial charge in [0, 0.05) is 22.2 Å². The van der Waals surface area contributed by atoms with Crippen LogP contribution in [0.25, 0.3) is 22.0 Å². The smallest absolute Gasteiger partial charge is 0.335 e. The van der Waals surface area contributed by atoms with Crippen molar-refractivity contribution in [2.24, 2.45) is 0 Å². The lowest BCUT2D eigenvalue weighted by atomic mass is 9.95. The lowest BCUT2D eigenvalue weighted by Crippen LogP contribution is -1.98.